The van der Waals surface area contributed by atoms with Crippen LogP contribution >= 0.6 is 0 Å². The van der Waals surface area contributed by atoms with Gasteiger partial charge in [0, 0.05) is 32.4 Å². The molecule has 0 amide bonds. The largest absolute Gasteiger partial charge is 0.354 e. The zero-order valence-corrected chi connectivity index (χ0v) is 11.4. The first-order valence-corrected chi connectivity index (χ1v) is 6.98. The normalized spacial score (nSPS) is 26.4. The molecule has 2 saturated heterocycles. The summed E-state index contributed by atoms with van der Waals surface area (Å²) in [5.74, 6) is 2.27. The van der Waals surface area contributed by atoms with Crippen molar-refractivity contribution in [2.24, 2.45) is 11.8 Å². The molecular weight excluding hydrogens is 254 g/mol. The summed E-state index contributed by atoms with van der Waals surface area (Å²) in [7, 11) is 2.18. The first kappa shape index (κ1) is 11.8. The second kappa shape index (κ2) is 4.28. The monoisotopic (exact) mass is 271 g/mol. The molecule has 0 radical (unpaired) electrons. The van der Waals surface area contributed by atoms with Gasteiger partial charge in [0.15, 0.2) is 5.82 Å². The predicted octanol–water partition coefficient (Wildman–Crippen LogP) is 0.316. The van der Waals surface area contributed by atoms with Crippen LogP contribution in [0, 0.1) is 11.8 Å². The summed E-state index contributed by atoms with van der Waals surface area (Å²) in [4.78, 5) is 27.9. The van der Waals surface area contributed by atoms with Crippen LogP contribution in [0.3, 0.4) is 0 Å². The van der Waals surface area contributed by atoms with Gasteiger partial charge in [-0.05, 0) is 24.9 Å². The third-order valence-corrected chi connectivity index (χ3v) is 4.51. The van der Waals surface area contributed by atoms with Crippen LogP contribution in [0.5, 0.6) is 0 Å². The Bertz CT molecular complexity index is 698. The Morgan fingerprint density at radius 3 is 2.70 bits per heavy atom. The van der Waals surface area contributed by atoms with Crippen LogP contribution in [-0.4, -0.2) is 53.1 Å². The molecule has 2 aromatic rings. The van der Waals surface area contributed by atoms with Gasteiger partial charge in [0.05, 0.1) is 11.7 Å². The van der Waals surface area contributed by atoms with Crippen molar-refractivity contribution >= 4 is 16.7 Å². The Morgan fingerprint density at radius 1 is 1.20 bits per heavy atom. The highest BCUT2D eigenvalue weighted by Crippen LogP contribution is 2.34. The van der Waals surface area contributed by atoms with Gasteiger partial charge >= 0.3 is 0 Å². The van der Waals surface area contributed by atoms with Gasteiger partial charge < -0.3 is 14.8 Å². The summed E-state index contributed by atoms with van der Waals surface area (Å²) in [5, 5.41) is 0.617. The van der Waals surface area contributed by atoms with E-state index in [1.165, 1.54) is 6.33 Å². The number of aromatic amines is 1. The third-order valence-electron chi connectivity index (χ3n) is 4.51. The van der Waals surface area contributed by atoms with Crippen molar-refractivity contribution in [2.75, 3.05) is 38.1 Å². The molecule has 0 bridgehead atoms. The average Bonchev–Trinajstić information content (AvgIpc) is 2.96. The molecule has 2 aliphatic rings. The molecule has 0 aliphatic carbocycles. The summed E-state index contributed by atoms with van der Waals surface area (Å²) in [6, 6.07) is 1.73. The van der Waals surface area contributed by atoms with E-state index in [1.807, 2.05) is 0 Å². The predicted molar refractivity (Wildman–Crippen MR) is 76.8 cm³/mol. The number of H-pyrrole nitrogens is 1. The highest BCUT2D eigenvalue weighted by atomic mass is 16.1. The van der Waals surface area contributed by atoms with Gasteiger partial charge in [-0.3, -0.25) is 4.79 Å². The van der Waals surface area contributed by atoms with E-state index in [-0.39, 0.29) is 5.56 Å². The molecular formula is C14H17N5O. The minimum absolute atomic E-state index is 0.0993. The molecule has 104 valence electrons. The number of rotatable bonds is 1. The minimum atomic E-state index is -0.0993. The van der Waals surface area contributed by atoms with Gasteiger partial charge in [-0.15, -0.1) is 0 Å². The molecule has 2 fully saturated rings. The Kier molecular flexibility index (Phi) is 2.53. The molecule has 0 aromatic carbocycles. The van der Waals surface area contributed by atoms with Crippen molar-refractivity contribution in [3.8, 4) is 0 Å². The first-order valence-electron chi connectivity index (χ1n) is 6.98. The molecule has 0 saturated carbocycles. The van der Waals surface area contributed by atoms with E-state index in [2.05, 4.69) is 31.8 Å². The smallest absolute Gasteiger partial charge is 0.258 e. The van der Waals surface area contributed by atoms with Crippen LogP contribution < -0.4 is 10.5 Å². The van der Waals surface area contributed by atoms with Crippen LogP contribution in [0.15, 0.2) is 23.4 Å². The topological polar surface area (TPSA) is 65.1 Å². The number of aromatic nitrogens is 3. The van der Waals surface area contributed by atoms with Gasteiger partial charge in [0.1, 0.15) is 5.52 Å². The number of likely N-dealkylation sites (tertiary alicyclic amines) is 1. The summed E-state index contributed by atoms with van der Waals surface area (Å²) in [5.41, 5.74) is 0.613. The number of nitrogens with zero attached hydrogens (tertiary/aromatic N) is 4. The minimum Gasteiger partial charge on any atom is -0.354 e. The molecule has 4 rings (SSSR count). The van der Waals surface area contributed by atoms with Crippen molar-refractivity contribution in [1.29, 1.82) is 0 Å². The fourth-order valence-corrected chi connectivity index (χ4v) is 3.62. The standard InChI is InChI=1S/C14H17N5O/c1-18-4-9-6-19(7-10(9)5-18)13-12-11(2-3-15-13)14(20)17-8-16-12/h2-3,8-10H,4-7H2,1H3,(H,16,17,20)/t9-,10+. The maximum Gasteiger partial charge on any atom is 0.258 e. The molecule has 6 heteroatoms. The van der Waals surface area contributed by atoms with Gasteiger partial charge in [-0.2, -0.15) is 0 Å². The quantitative estimate of drug-likeness (QED) is 0.809. The maximum absolute atomic E-state index is 11.8. The Balaban J connectivity index is 1.74. The van der Waals surface area contributed by atoms with Gasteiger partial charge in [0.25, 0.3) is 5.56 Å². The summed E-state index contributed by atoms with van der Waals surface area (Å²) in [6.45, 7) is 4.32. The van der Waals surface area contributed by atoms with E-state index >= 15 is 0 Å². The Morgan fingerprint density at radius 2 is 1.95 bits per heavy atom. The highest BCUT2D eigenvalue weighted by Gasteiger charge is 2.39. The zero-order valence-electron chi connectivity index (χ0n) is 11.4. The molecule has 1 N–H and O–H groups in total. The van der Waals surface area contributed by atoms with E-state index in [4.69, 9.17) is 0 Å². The highest BCUT2D eigenvalue weighted by molar-refractivity contribution is 5.87. The molecule has 2 aliphatic heterocycles. The molecule has 2 atom stereocenters. The number of pyridine rings is 1. The molecule has 0 spiro atoms. The molecule has 4 heterocycles. The summed E-state index contributed by atoms with van der Waals surface area (Å²) < 4.78 is 0. The summed E-state index contributed by atoms with van der Waals surface area (Å²) in [6.07, 6.45) is 3.16. The van der Waals surface area contributed by atoms with Crippen LogP contribution in [0.2, 0.25) is 0 Å². The lowest BCUT2D eigenvalue weighted by Gasteiger charge is -2.20. The molecule has 6 nitrogen and oxygen atoms in total. The number of hydrogen-bond donors (Lipinski definition) is 1. The van der Waals surface area contributed by atoms with Crippen molar-refractivity contribution in [2.45, 2.75) is 0 Å². The Labute approximate surface area is 116 Å². The van der Waals surface area contributed by atoms with Crippen LogP contribution in [0.25, 0.3) is 10.9 Å². The number of anilines is 1. The first-order chi connectivity index (χ1) is 9.72. The van der Waals surface area contributed by atoms with E-state index in [0.717, 1.165) is 32.0 Å². The summed E-state index contributed by atoms with van der Waals surface area (Å²) >= 11 is 0. The van der Waals surface area contributed by atoms with Gasteiger partial charge in [0.2, 0.25) is 0 Å². The van der Waals surface area contributed by atoms with Crippen LogP contribution in [0.4, 0.5) is 5.82 Å². The Hall–Kier alpha value is -1.95. The van der Waals surface area contributed by atoms with E-state index in [1.54, 1.807) is 12.3 Å². The molecule has 0 unspecified atom stereocenters. The fraction of sp³-hybridized carbons (Fsp3) is 0.500. The SMILES string of the molecule is CN1C[C@@H]2CN(c3nccc4c(=O)[nH]cnc34)C[C@@H]2C1. The number of nitrogens with one attached hydrogen (secondary N) is 1. The maximum atomic E-state index is 11.8. The zero-order chi connectivity index (χ0) is 13.7. The van der Waals surface area contributed by atoms with Crippen molar-refractivity contribution in [3.05, 3.63) is 28.9 Å². The van der Waals surface area contributed by atoms with Crippen LogP contribution in [-0.2, 0) is 0 Å². The number of hydrogen-bond acceptors (Lipinski definition) is 5. The number of fused-ring (bicyclic) bond motifs is 2. The fourth-order valence-electron chi connectivity index (χ4n) is 3.62. The second-order valence-electron chi connectivity index (χ2n) is 5.91. The van der Waals surface area contributed by atoms with Gasteiger partial charge in [-0.1, -0.05) is 0 Å². The lowest BCUT2D eigenvalue weighted by atomic mass is 10.0. The van der Waals surface area contributed by atoms with E-state index in [0.29, 0.717) is 22.7 Å². The second-order valence-corrected chi connectivity index (χ2v) is 5.91. The van der Waals surface area contributed by atoms with E-state index < -0.39 is 0 Å². The van der Waals surface area contributed by atoms with Crippen molar-refractivity contribution in [1.82, 2.24) is 19.9 Å². The van der Waals surface area contributed by atoms with Crippen molar-refractivity contribution < 1.29 is 0 Å². The molecule has 2 aromatic heterocycles. The molecule has 20 heavy (non-hydrogen) atoms. The average molecular weight is 271 g/mol. The van der Waals surface area contributed by atoms with Crippen molar-refractivity contribution in [3.63, 3.8) is 0 Å². The lowest BCUT2D eigenvalue weighted by molar-refractivity contribution is 0.387. The van der Waals surface area contributed by atoms with Crippen LogP contribution in [0.1, 0.15) is 0 Å². The van der Waals surface area contributed by atoms with Gasteiger partial charge in [-0.25, -0.2) is 9.97 Å². The lowest BCUT2D eigenvalue weighted by Crippen LogP contribution is -2.27. The van der Waals surface area contributed by atoms with E-state index in [9.17, 15) is 4.79 Å². The third kappa shape index (κ3) is 1.71.